The van der Waals surface area contributed by atoms with Crippen LogP contribution in [0.2, 0.25) is 5.02 Å². The van der Waals surface area contributed by atoms with Crippen molar-refractivity contribution in [2.45, 2.75) is 31.8 Å². The molecule has 3 nitrogen and oxygen atoms in total. The first kappa shape index (κ1) is 14.6. The van der Waals surface area contributed by atoms with Crippen molar-refractivity contribution in [1.82, 2.24) is 0 Å². The Bertz CT molecular complexity index is 438. The predicted molar refractivity (Wildman–Crippen MR) is 81.1 cm³/mol. The Balaban J connectivity index is 2.28. The van der Waals surface area contributed by atoms with E-state index >= 15 is 0 Å². The average molecular weight is 283 g/mol. The van der Waals surface area contributed by atoms with E-state index in [9.17, 15) is 0 Å². The molecular formula is C15H23ClN2O. The Morgan fingerprint density at radius 1 is 1.47 bits per heavy atom. The molecule has 0 radical (unpaired) electrons. The van der Waals surface area contributed by atoms with E-state index in [4.69, 9.17) is 22.1 Å². The fraction of sp³-hybridized carbons (Fsp3) is 0.600. The molecular weight excluding hydrogens is 260 g/mol. The molecule has 106 valence electrons. The average Bonchev–Trinajstić information content (AvgIpc) is 2.41. The van der Waals surface area contributed by atoms with E-state index in [-0.39, 0.29) is 5.60 Å². The van der Waals surface area contributed by atoms with Gasteiger partial charge in [0.15, 0.2) is 0 Å². The lowest BCUT2D eigenvalue weighted by Gasteiger charge is -2.41. The zero-order chi connectivity index (χ0) is 13.9. The first-order valence-electron chi connectivity index (χ1n) is 6.87. The maximum atomic E-state index is 6.32. The number of piperidine rings is 1. The second-order valence-electron chi connectivity index (χ2n) is 5.46. The third-order valence-corrected chi connectivity index (χ3v) is 4.34. The highest BCUT2D eigenvalue weighted by molar-refractivity contribution is 6.31. The lowest BCUT2D eigenvalue weighted by atomic mass is 9.93. The normalized spacial score (nSPS) is 23.7. The Labute approximate surface area is 120 Å². The van der Waals surface area contributed by atoms with E-state index in [0.29, 0.717) is 6.54 Å². The molecule has 4 heteroatoms. The van der Waals surface area contributed by atoms with Crippen LogP contribution < -0.4 is 10.6 Å². The molecule has 1 aromatic rings. The Kier molecular flexibility index (Phi) is 4.71. The number of hydrogen-bond donors (Lipinski definition) is 1. The van der Waals surface area contributed by atoms with Crippen LogP contribution >= 0.6 is 11.6 Å². The molecule has 2 N–H and O–H groups in total. The molecule has 1 atom stereocenters. The van der Waals surface area contributed by atoms with Gasteiger partial charge in [0.05, 0.1) is 5.60 Å². The predicted octanol–water partition coefficient (Wildman–Crippen LogP) is 2.85. The molecule has 0 spiro atoms. The van der Waals surface area contributed by atoms with E-state index in [1.165, 1.54) is 5.69 Å². The van der Waals surface area contributed by atoms with Crippen LogP contribution in [0.15, 0.2) is 18.2 Å². The number of hydrogen-bond acceptors (Lipinski definition) is 3. The Morgan fingerprint density at radius 2 is 2.26 bits per heavy atom. The van der Waals surface area contributed by atoms with Crippen LogP contribution in [0.1, 0.15) is 25.3 Å². The van der Waals surface area contributed by atoms with Crippen molar-refractivity contribution in [3.63, 3.8) is 0 Å². The highest BCUT2D eigenvalue weighted by Crippen LogP contribution is 2.33. The summed E-state index contributed by atoms with van der Waals surface area (Å²) < 4.78 is 5.66. The third-order valence-electron chi connectivity index (χ3n) is 3.98. The summed E-state index contributed by atoms with van der Waals surface area (Å²) in [4.78, 5) is 2.38. The minimum Gasteiger partial charge on any atom is -0.377 e. The summed E-state index contributed by atoms with van der Waals surface area (Å²) in [5.74, 6) is 0. The Morgan fingerprint density at radius 3 is 2.95 bits per heavy atom. The van der Waals surface area contributed by atoms with E-state index < -0.39 is 0 Å². The topological polar surface area (TPSA) is 38.5 Å². The lowest BCUT2D eigenvalue weighted by molar-refractivity contribution is -0.00468. The molecule has 0 saturated carbocycles. The number of rotatable bonds is 4. The molecule has 1 fully saturated rings. The smallest absolute Gasteiger partial charge is 0.0825 e. The van der Waals surface area contributed by atoms with Crippen LogP contribution in [0.25, 0.3) is 0 Å². The molecule has 1 unspecified atom stereocenters. The highest BCUT2D eigenvalue weighted by Gasteiger charge is 2.31. The van der Waals surface area contributed by atoms with Crippen LogP contribution in [-0.4, -0.2) is 32.3 Å². The van der Waals surface area contributed by atoms with Crippen molar-refractivity contribution in [2.24, 2.45) is 5.73 Å². The number of anilines is 1. The van der Waals surface area contributed by atoms with Crippen LogP contribution in [0, 0.1) is 0 Å². The van der Waals surface area contributed by atoms with Crippen molar-refractivity contribution in [2.75, 3.05) is 31.6 Å². The van der Waals surface area contributed by atoms with Crippen LogP contribution in [0.3, 0.4) is 0 Å². The quantitative estimate of drug-likeness (QED) is 0.923. The lowest BCUT2D eigenvalue weighted by Crippen LogP contribution is -2.47. The molecule has 0 aliphatic carbocycles. The maximum absolute atomic E-state index is 6.32. The molecule has 1 heterocycles. The molecule has 1 aliphatic rings. The van der Waals surface area contributed by atoms with Crippen molar-refractivity contribution in [3.8, 4) is 0 Å². The van der Waals surface area contributed by atoms with E-state index in [1.807, 2.05) is 12.1 Å². The molecule has 19 heavy (non-hydrogen) atoms. The standard InChI is InChI=1S/C15H23ClN2O/c1-15(19-2)8-4-10-18(11-15)14-6-3-5-13(16)12(14)7-9-17/h3,5-6H,4,7-11,17H2,1-2H3. The second-order valence-corrected chi connectivity index (χ2v) is 5.86. The number of ether oxygens (including phenoxy) is 1. The molecule has 0 bridgehead atoms. The van der Waals surface area contributed by atoms with E-state index in [0.717, 1.165) is 42.9 Å². The molecule has 0 aromatic heterocycles. The van der Waals surface area contributed by atoms with Crippen molar-refractivity contribution in [1.29, 1.82) is 0 Å². The summed E-state index contributed by atoms with van der Waals surface area (Å²) in [6.07, 6.45) is 3.06. The number of benzene rings is 1. The first-order chi connectivity index (χ1) is 9.09. The summed E-state index contributed by atoms with van der Waals surface area (Å²) in [6.45, 7) is 4.75. The van der Waals surface area contributed by atoms with Gasteiger partial charge in [-0.05, 0) is 50.4 Å². The largest absolute Gasteiger partial charge is 0.377 e. The fourth-order valence-electron chi connectivity index (χ4n) is 2.81. The van der Waals surface area contributed by atoms with Crippen molar-refractivity contribution < 1.29 is 4.74 Å². The zero-order valence-corrected chi connectivity index (χ0v) is 12.5. The summed E-state index contributed by atoms with van der Waals surface area (Å²) in [7, 11) is 1.79. The van der Waals surface area contributed by atoms with Gasteiger partial charge in [-0.2, -0.15) is 0 Å². The summed E-state index contributed by atoms with van der Waals surface area (Å²) >= 11 is 6.32. The maximum Gasteiger partial charge on any atom is 0.0825 e. The van der Waals surface area contributed by atoms with Crippen molar-refractivity contribution in [3.05, 3.63) is 28.8 Å². The minimum atomic E-state index is -0.0689. The molecule has 1 aliphatic heterocycles. The van der Waals surface area contributed by atoms with Crippen LogP contribution in [-0.2, 0) is 11.2 Å². The summed E-state index contributed by atoms with van der Waals surface area (Å²) in [5.41, 5.74) is 8.01. The summed E-state index contributed by atoms with van der Waals surface area (Å²) in [6, 6.07) is 6.09. The van der Waals surface area contributed by atoms with E-state index in [1.54, 1.807) is 7.11 Å². The Hall–Kier alpha value is -0.770. The molecule has 1 aromatic carbocycles. The van der Waals surface area contributed by atoms with Gasteiger partial charge in [0.2, 0.25) is 0 Å². The van der Waals surface area contributed by atoms with Gasteiger partial charge in [0.1, 0.15) is 0 Å². The number of halogens is 1. The van der Waals surface area contributed by atoms with Gasteiger partial charge in [-0.25, -0.2) is 0 Å². The van der Waals surface area contributed by atoms with Gasteiger partial charge in [-0.3, -0.25) is 0 Å². The SMILES string of the molecule is COC1(C)CCCN(c2cccc(Cl)c2CCN)C1. The van der Waals surface area contributed by atoms with Crippen LogP contribution in [0.4, 0.5) is 5.69 Å². The van der Waals surface area contributed by atoms with Crippen LogP contribution in [0.5, 0.6) is 0 Å². The molecule has 2 rings (SSSR count). The highest BCUT2D eigenvalue weighted by atomic mass is 35.5. The monoisotopic (exact) mass is 282 g/mol. The molecule has 1 saturated heterocycles. The second kappa shape index (κ2) is 6.12. The number of nitrogens with zero attached hydrogens (tertiary/aromatic N) is 1. The molecule has 0 amide bonds. The van der Waals surface area contributed by atoms with Crippen molar-refractivity contribution >= 4 is 17.3 Å². The number of methoxy groups -OCH3 is 1. The van der Waals surface area contributed by atoms with Gasteiger partial charge in [-0.1, -0.05) is 17.7 Å². The van der Waals surface area contributed by atoms with Gasteiger partial charge in [0, 0.05) is 30.9 Å². The van der Waals surface area contributed by atoms with Gasteiger partial charge in [0.25, 0.3) is 0 Å². The fourth-order valence-corrected chi connectivity index (χ4v) is 3.08. The van der Waals surface area contributed by atoms with Gasteiger partial charge < -0.3 is 15.4 Å². The third kappa shape index (κ3) is 3.22. The minimum absolute atomic E-state index is 0.0689. The summed E-state index contributed by atoms with van der Waals surface area (Å²) in [5, 5.41) is 0.813. The van der Waals surface area contributed by atoms with Gasteiger partial charge >= 0.3 is 0 Å². The zero-order valence-electron chi connectivity index (χ0n) is 11.8. The number of nitrogens with two attached hydrogens (primary N) is 1. The van der Waals surface area contributed by atoms with E-state index in [2.05, 4.69) is 17.9 Å². The first-order valence-corrected chi connectivity index (χ1v) is 7.25. The van der Waals surface area contributed by atoms with Gasteiger partial charge in [-0.15, -0.1) is 0 Å².